The molecule has 106 valence electrons. The molecule has 1 aliphatic carbocycles. The number of hydrogen-bond donors (Lipinski definition) is 2. The van der Waals surface area contributed by atoms with Crippen molar-refractivity contribution in [3.8, 4) is 0 Å². The summed E-state index contributed by atoms with van der Waals surface area (Å²) in [6.45, 7) is 6.90. The monoisotopic (exact) mass is 373 g/mol. The fourth-order valence-corrected chi connectivity index (χ4v) is 1.77. The third-order valence-corrected chi connectivity index (χ3v) is 3.14. The van der Waals surface area contributed by atoms with Crippen LogP contribution in [0.5, 0.6) is 0 Å². The molecule has 0 atom stereocenters. The molecule has 1 aliphatic rings. The van der Waals surface area contributed by atoms with Gasteiger partial charge in [0.1, 0.15) is 0 Å². The summed E-state index contributed by atoms with van der Waals surface area (Å²) in [4.78, 5) is 4.61. The first-order chi connectivity index (χ1) is 8.78. The van der Waals surface area contributed by atoms with Gasteiger partial charge in [-0.3, -0.25) is 0 Å². The van der Waals surface area contributed by atoms with Gasteiger partial charge in [0.05, 0.1) is 6.54 Å². The van der Waals surface area contributed by atoms with E-state index in [1.807, 2.05) is 0 Å². The normalized spacial score (nSPS) is 14.7. The lowest BCUT2D eigenvalue weighted by Crippen LogP contribution is -2.38. The highest BCUT2D eigenvalue weighted by Crippen LogP contribution is 2.27. The topological polar surface area (TPSA) is 36.4 Å². The molecule has 0 aliphatic heterocycles. The summed E-state index contributed by atoms with van der Waals surface area (Å²) in [5.41, 5.74) is 2.55. The van der Waals surface area contributed by atoms with E-state index >= 15 is 0 Å². The molecule has 1 fully saturated rings. The smallest absolute Gasteiger partial charge is 0.191 e. The number of aryl methyl sites for hydroxylation is 1. The minimum atomic E-state index is 0. The molecular formula is C15H24IN3. The van der Waals surface area contributed by atoms with E-state index in [4.69, 9.17) is 0 Å². The highest BCUT2D eigenvalue weighted by atomic mass is 127. The second-order valence-corrected chi connectivity index (χ2v) is 5.01. The van der Waals surface area contributed by atoms with E-state index in [9.17, 15) is 0 Å². The molecule has 0 amide bonds. The van der Waals surface area contributed by atoms with E-state index in [1.54, 1.807) is 0 Å². The number of guanidine groups is 1. The zero-order valence-corrected chi connectivity index (χ0v) is 14.1. The van der Waals surface area contributed by atoms with Gasteiger partial charge in [-0.1, -0.05) is 29.8 Å². The van der Waals surface area contributed by atoms with Crippen LogP contribution in [0.1, 0.15) is 30.9 Å². The Balaban J connectivity index is 0.00000180. The van der Waals surface area contributed by atoms with Crippen molar-refractivity contribution < 1.29 is 0 Å². The van der Waals surface area contributed by atoms with Crippen LogP contribution in [0.4, 0.5) is 0 Å². The summed E-state index contributed by atoms with van der Waals surface area (Å²) in [6.07, 6.45) is 2.73. The standard InChI is InChI=1S/C15H23N3.HI/c1-3-16-15(18-11-14-8-9-14)17-10-13-6-4-12(2)5-7-13;/h4-7,14H,3,8-11H2,1-2H3,(H2,16,17,18);1H. The number of nitrogens with one attached hydrogen (secondary N) is 2. The van der Waals surface area contributed by atoms with Gasteiger partial charge in [0.25, 0.3) is 0 Å². The summed E-state index contributed by atoms with van der Waals surface area (Å²) < 4.78 is 0. The quantitative estimate of drug-likeness (QED) is 0.473. The van der Waals surface area contributed by atoms with Gasteiger partial charge in [0, 0.05) is 13.1 Å². The Morgan fingerprint density at radius 2 is 1.89 bits per heavy atom. The van der Waals surface area contributed by atoms with Gasteiger partial charge in [-0.2, -0.15) is 0 Å². The zero-order valence-electron chi connectivity index (χ0n) is 11.8. The molecule has 0 spiro atoms. The van der Waals surface area contributed by atoms with Gasteiger partial charge in [-0.25, -0.2) is 4.99 Å². The van der Waals surface area contributed by atoms with Crippen LogP contribution in [-0.4, -0.2) is 19.0 Å². The number of hydrogen-bond acceptors (Lipinski definition) is 1. The molecule has 1 aromatic rings. The maximum Gasteiger partial charge on any atom is 0.191 e. The lowest BCUT2D eigenvalue weighted by Gasteiger charge is -2.10. The van der Waals surface area contributed by atoms with E-state index in [-0.39, 0.29) is 24.0 Å². The molecule has 0 heterocycles. The van der Waals surface area contributed by atoms with Crippen molar-refractivity contribution in [3.63, 3.8) is 0 Å². The van der Waals surface area contributed by atoms with Crippen molar-refractivity contribution in [2.75, 3.05) is 13.1 Å². The highest BCUT2D eigenvalue weighted by Gasteiger charge is 2.20. The van der Waals surface area contributed by atoms with Crippen LogP contribution in [0.3, 0.4) is 0 Å². The average molecular weight is 373 g/mol. The second-order valence-electron chi connectivity index (χ2n) is 5.01. The molecule has 1 saturated carbocycles. The number of halogens is 1. The summed E-state index contributed by atoms with van der Waals surface area (Å²) in [5.74, 6) is 1.80. The van der Waals surface area contributed by atoms with Gasteiger partial charge in [0.2, 0.25) is 0 Å². The minimum Gasteiger partial charge on any atom is -0.357 e. The predicted octanol–water partition coefficient (Wildman–Crippen LogP) is 3.08. The Morgan fingerprint density at radius 3 is 2.47 bits per heavy atom. The molecule has 2 N–H and O–H groups in total. The van der Waals surface area contributed by atoms with Crippen LogP contribution in [0.2, 0.25) is 0 Å². The van der Waals surface area contributed by atoms with Gasteiger partial charge in [0.15, 0.2) is 5.96 Å². The third kappa shape index (κ3) is 6.27. The maximum absolute atomic E-state index is 4.61. The Morgan fingerprint density at radius 1 is 1.21 bits per heavy atom. The van der Waals surface area contributed by atoms with E-state index in [2.05, 4.69) is 53.7 Å². The fourth-order valence-electron chi connectivity index (χ4n) is 1.77. The minimum absolute atomic E-state index is 0. The van der Waals surface area contributed by atoms with Crippen molar-refractivity contribution in [3.05, 3.63) is 35.4 Å². The molecule has 0 aromatic heterocycles. The molecule has 1 aromatic carbocycles. The lowest BCUT2D eigenvalue weighted by atomic mass is 10.1. The van der Waals surface area contributed by atoms with E-state index in [0.29, 0.717) is 0 Å². The van der Waals surface area contributed by atoms with Gasteiger partial charge < -0.3 is 10.6 Å². The first-order valence-corrected chi connectivity index (χ1v) is 6.85. The highest BCUT2D eigenvalue weighted by molar-refractivity contribution is 14.0. The second kappa shape index (κ2) is 8.40. The summed E-state index contributed by atoms with van der Waals surface area (Å²) >= 11 is 0. The zero-order chi connectivity index (χ0) is 12.8. The third-order valence-electron chi connectivity index (χ3n) is 3.14. The van der Waals surface area contributed by atoms with Gasteiger partial charge in [-0.05, 0) is 38.2 Å². The van der Waals surface area contributed by atoms with Crippen LogP contribution in [0, 0.1) is 12.8 Å². The van der Waals surface area contributed by atoms with Crippen LogP contribution in [-0.2, 0) is 6.54 Å². The largest absolute Gasteiger partial charge is 0.357 e. The van der Waals surface area contributed by atoms with E-state index in [1.165, 1.54) is 24.0 Å². The number of benzene rings is 1. The molecular weight excluding hydrogens is 349 g/mol. The Labute approximate surface area is 133 Å². The predicted molar refractivity (Wildman–Crippen MR) is 92.1 cm³/mol. The van der Waals surface area contributed by atoms with E-state index < -0.39 is 0 Å². The number of aliphatic imine (C=N–C) groups is 1. The fraction of sp³-hybridized carbons (Fsp3) is 0.533. The maximum atomic E-state index is 4.61. The van der Waals surface area contributed by atoms with Crippen molar-refractivity contribution in [2.24, 2.45) is 10.9 Å². The Kier molecular flexibility index (Phi) is 7.20. The van der Waals surface area contributed by atoms with E-state index in [0.717, 1.165) is 31.5 Å². The van der Waals surface area contributed by atoms with Crippen molar-refractivity contribution in [1.29, 1.82) is 0 Å². The van der Waals surface area contributed by atoms with Crippen LogP contribution < -0.4 is 10.6 Å². The van der Waals surface area contributed by atoms with Crippen LogP contribution in [0.15, 0.2) is 29.3 Å². The summed E-state index contributed by atoms with van der Waals surface area (Å²) in [5, 5.41) is 6.69. The molecule has 0 radical (unpaired) electrons. The van der Waals surface area contributed by atoms with Gasteiger partial charge in [-0.15, -0.1) is 24.0 Å². The molecule has 0 saturated heterocycles. The molecule has 3 nitrogen and oxygen atoms in total. The lowest BCUT2D eigenvalue weighted by molar-refractivity contribution is 0.739. The first kappa shape index (κ1) is 16.3. The molecule has 0 unspecified atom stereocenters. The Hall–Kier alpha value is -0.780. The summed E-state index contributed by atoms with van der Waals surface area (Å²) in [7, 11) is 0. The SMILES string of the molecule is CCNC(=NCc1ccc(C)cc1)NCC1CC1.I. The average Bonchev–Trinajstić information content (AvgIpc) is 3.19. The van der Waals surface area contributed by atoms with Crippen molar-refractivity contribution in [1.82, 2.24) is 10.6 Å². The molecule has 0 bridgehead atoms. The first-order valence-electron chi connectivity index (χ1n) is 6.85. The molecule has 19 heavy (non-hydrogen) atoms. The number of nitrogens with zero attached hydrogens (tertiary/aromatic N) is 1. The van der Waals surface area contributed by atoms with Crippen molar-refractivity contribution in [2.45, 2.75) is 33.2 Å². The molecule has 4 heteroatoms. The van der Waals surface area contributed by atoms with Gasteiger partial charge >= 0.3 is 0 Å². The van der Waals surface area contributed by atoms with Crippen molar-refractivity contribution >= 4 is 29.9 Å². The molecule has 2 rings (SSSR count). The Bertz CT molecular complexity index is 396. The number of rotatable bonds is 5. The van der Waals surface area contributed by atoms with Crippen LogP contribution >= 0.6 is 24.0 Å². The van der Waals surface area contributed by atoms with Crippen LogP contribution in [0.25, 0.3) is 0 Å². The summed E-state index contributed by atoms with van der Waals surface area (Å²) in [6, 6.07) is 8.55.